The molecule has 154 valence electrons. The van der Waals surface area contributed by atoms with E-state index in [0.29, 0.717) is 36.5 Å². The van der Waals surface area contributed by atoms with Crippen molar-refractivity contribution in [2.45, 2.75) is 20.3 Å². The highest BCUT2D eigenvalue weighted by molar-refractivity contribution is 5.87. The molecule has 1 aliphatic rings. The second-order valence-corrected chi connectivity index (χ2v) is 7.50. The van der Waals surface area contributed by atoms with Crippen LogP contribution >= 0.6 is 0 Å². The number of hydrogen-bond acceptors (Lipinski definition) is 4. The number of rotatable bonds is 3. The van der Waals surface area contributed by atoms with Gasteiger partial charge in [0.1, 0.15) is 5.82 Å². The van der Waals surface area contributed by atoms with E-state index in [1.54, 1.807) is 24.0 Å². The number of carbonyl (C=O) groups excluding carboxylic acids is 1. The fraction of sp³-hybridized carbons (Fsp3) is 0.261. The highest BCUT2D eigenvalue weighted by Crippen LogP contribution is 2.27. The summed E-state index contributed by atoms with van der Waals surface area (Å²) in [6.45, 7) is 4.87. The van der Waals surface area contributed by atoms with Crippen LogP contribution in [0, 0.1) is 18.7 Å². The molecule has 0 saturated carbocycles. The fourth-order valence-corrected chi connectivity index (χ4v) is 3.57. The van der Waals surface area contributed by atoms with Gasteiger partial charge in [-0.05, 0) is 37.0 Å². The molecule has 2 amide bonds. The van der Waals surface area contributed by atoms with Crippen LogP contribution in [-0.2, 0) is 0 Å². The van der Waals surface area contributed by atoms with Crippen molar-refractivity contribution in [3.05, 3.63) is 71.0 Å². The standard InChI is InChI=1S/C23H23FN4O2/c1-15-7-6-10-19(20(15)24)13-18-11-12-28(14-16(18)2)23(29)25-22-27-26-21(30-22)17-8-4-3-5-9-17/h3-10,13,16H,11-12,14H2,1-2H3,(H,25,27,29)/b18-13+. The molecule has 1 fully saturated rings. The fourth-order valence-electron chi connectivity index (χ4n) is 3.57. The van der Waals surface area contributed by atoms with E-state index in [4.69, 9.17) is 4.42 Å². The number of aromatic nitrogens is 2. The number of aryl methyl sites for hydroxylation is 1. The molecule has 30 heavy (non-hydrogen) atoms. The molecule has 0 radical (unpaired) electrons. The van der Waals surface area contributed by atoms with Gasteiger partial charge in [-0.15, -0.1) is 5.10 Å². The second kappa shape index (κ2) is 8.49. The number of anilines is 1. The zero-order valence-electron chi connectivity index (χ0n) is 16.9. The highest BCUT2D eigenvalue weighted by Gasteiger charge is 2.25. The maximum Gasteiger partial charge on any atom is 0.325 e. The first kappa shape index (κ1) is 19.8. The zero-order chi connectivity index (χ0) is 21.1. The maximum absolute atomic E-state index is 14.3. The van der Waals surface area contributed by atoms with E-state index >= 15 is 0 Å². The number of benzene rings is 2. The molecule has 0 spiro atoms. The van der Waals surface area contributed by atoms with Gasteiger partial charge in [-0.1, -0.05) is 60.1 Å². The van der Waals surface area contributed by atoms with Crippen LogP contribution < -0.4 is 5.32 Å². The Morgan fingerprint density at radius 3 is 2.77 bits per heavy atom. The molecule has 0 aliphatic carbocycles. The molecule has 7 heteroatoms. The van der Waals surface area contributed by atoms with Crippen LogP contribution in [0.25, 0.3) is 17.5 Å². The largest absolute Gasteiger partial charge is 0.403 e. The van der Waals surface area contributed by atoms with E-state index < -0.39 is 0 Å². The van der Waals surface area contributed by atoms with Gasteiger partial charge in [0.05, 0.1) is 0 Å². The van der Waals surface area contributed by atoms with Crippen LogP contribution in [0.1, 0.15) is 24.5 Å². The number of urea groups is 1. The molecule has 4 rings (SSSR count). The highest BCUT2D eigenvalue weighted by atomic mass is 19.1. The van der Waals surface area contributed by atoms with Crippen molar-refractivity contribution in [2.75, 3.05) is 18.4 Å². The van der Waals surface area contributed by atoms with Crippen molar-refractivity contribution < 1.29 is 13.6 Å². The van der Waals surface area contributed by atoms with Crippen molar-refractivity contribution >= 4 is 18.1 Å². The molecule has 6 nitrogen and oxygen atoms in total. The Balaban J connectivity index is 1.40. The lowest BCUT2D eigenvalue weighted by molar-refractivity contribution is 0.197. The number of nitrogens with one attached hydrogen (secondary N) is 1. The summed E-state index contributed by atoms with van der Waals surface area (Å²) in [6, 6.07) is 14.5. The van der Waals surface area contributed by atoms with Gasteiger partial charge in [-0.2, -0.15) is 0 Å². The first-order valence-electron chi connectivity index (χ1n) is 9.91. The zero-order valence-corrected chi connectivity index (χ0v) is 16.9. The topological polar surface area (TPSA) is 71.3 Å². The number of amides is 2. The molecular formula is C23H23FN4O2. The Bertz CT molecular complexity index is 1080. The summed E-state index contributed by atoms with van der Waals surface area (Å²) in [7, 11) is 0. The Morgan fingerprint density at radius 1 is 1.20 bits per heavy atom. The summed E-state index contributed by atoms with van der Waals surface area (Å²) in [4.78, 5) is 14.3. The second-order valence-electron chi connectivity index (χ2n) is 7.50. The summed E-state index contributed by atoms with van der Waals surface area (Å²) in [5.41, 5.74) is 3.14. The number of halogens is 1. The Hall–Kier alpha value is -3.48. The van der Waals surface area contributed by atoms with E-state index in [2.05, 4.69) is 15.5 Å². The minimum Gasteiger partial charge on any atom is -0.403 e. The first-order valence-corrected chi connectivity index (χ1v) is 9.91. The molecule has 2 aromatic carbocycles. The summed E-state index contributed by atoms with van der Waals surface area (Å²) >= 11 is 0. The van der Waals surface area contributed by atoms with Crippen molar-refractivity contribution in [3.8, 4) is 11.5 Å². The minimum absolute atomic E-state index is 0.0645. The van der Waals surface area contributed by atoms with E-state index in [1.165, 1.54) is 0 Å². The first-order chi connectivity index (χ1) is 14.5. The monoisotopic (exact) mass is 406 g/mol. The lowest BCUT2D eigenvalue weighted by Gasteiger charge is -2.32. The predicted octanol–water partition coefficient (Wildman–Crippen LogP) is 5.14. The van der Waals surface area contributed by atoms with Gasteiger partial charge in [0, 0.05) is 24.2 Å². The summed E-state index contributed by atoms with van der Waals surface area (Å²) < 4.78 is 19.9. The smallest absolute Gasteiger partial charge is 0.325 e. The SMILES string of the molecule is Cc1cccc(/C=C2\CCN(C(=O)Nc3nnc(-c4ccccc4)o3)CC2C)c1F. The quantitative estimate of drug-likeness (QED) is 0.654. The molecule has 1 unspecified atom stereocenters. The van der Waals surface area contributed by atoms with Crippen LogP contribution in [0.3, 0.4) is 0 Å². The maximum atomic E-state index is 14.3. The molecule has 1 aromatic heterocycles. The average Bonchev–Trinajstić information content (AvgIpc) is 3.22. The van der Waals surface area contributed by atoms with Gasteiger partial charge in [0.25, 0.3) is 0 Å². The number of hydrogen-bond donors (Lipinski definition) is 1. The Kier molecular flexibility index (Phi) is 5.61. The van der Waals surface area contributed by atoms with Crippen molar-refractivity contribution in [2.24, 2.45) is 5.92 Å². The molecule has 1 aliphatic heterocycles. The third kappa shape index (κ3) is 4.25. The number of likely N-dealkylation sites (tertiary alicyclic amines) is 1. The van der Waals surface area contributed by atoms with Crippen molar-refractivity contribution in [1.82, 2.24) is 15.1 Å². The average molecular weight is 406 g/mol. The van der Waals surface area contributed by atoms with E-state index in [1.807, 2.05) is 49.4 Å². The van der Waals surface area contributed by atoms with Crippen molar-refractivity contribution in [1.29, 1.82) is 0 Å². The van der Waals surface area contributed by atoms with Gasteiger partial charge < -0.3 is 9.32 Å². The Labute approximate surface area is 174 Å². The normalized spacial score (nSPS) is 17.9. The van der Waals surface area contributed by atoms with Gasteiger partial charge in [-0.3, -0.25) is 5.32 Å². The summed E-state index contributed by atoms with van der Waals surface area (Å²) in [6.07, 6.45) is 2.59. The molecular weight excluding hydrogens is 383 g/mol. The van der Waals surface area contributed by atoms with Crippen LogP contribution in [0.5, 0.6) is 0 Å². The van der Waals surface area contributed by atoms with E-state index in [0.717, 1.165) is 11.1 Å². The van der Waals surface area contributed by atoms with Gasteiger partial charge >= 0.3 is 12.0 Å². The van der Waals surface area contributed by atoms with E-state index in [9.17, 15) is 9.18 Å². The Morgan fingerprint density at radius 2 is 2.00 bits per heavy atom. The lowest BCUT2D eigenvalue weighted by atomic mass is 9.91. The van der Waals surface area contributed by atoms with Crippen LogP contribution in [0.2, 0.25) is 0 Å². The van der Waals surface area contributed by atoms with Crippen LogP contribution in [0.15, 0.2) is 58.5 Å². The molecule has 2 heterocycles. The number of piperidine rings is 1. The van der Waals surface area contributed by atoms with Gasteiger partial charge in [0.2, 0.25) is 5.89 Å². The van der Waals surface area contributed by atoms with E-state index in [-0.39, 0.29) is 23.8 Å². The third-order valence-electron chi connectivity index (χ3n) is 5.31. The molecule has 1 saturated heterocycles. The number of nitrogens with zero attached hydrogens (tertiary/aromatic N) is 3. The van der Waals surface area contributed by atoms with Crippen molar-refractivity contribution in [3.63, 3.8) is 0 Å². The van der Waals surface area contributed by atoms with Gasteiger partial charge in [-0.25, -0.2) is 9.18 Å². The van der Waals surface area contributed by atoms with Gasteiger partial charge in [0.15, 0.2) is 0 Å². The molecule has 1 atom stereocenters. The molecule has 3 aromatic rings. The third-order valence-corrected chi connectivity index (χ3v) is 5.31. The van der Waals surface area contributed by atoms with Crippen LogP contribution in [0.4, 0.5) is 15.2 Å². The summed E-state index contributed by atoms with van der Waals surface area (Å²) in [5.74, 6) is 0.276. The summed E-state index contributed by atoms with van der Waals surface area (Å²) in [5, 5.41) is 10.6. The number of carbonyl (C=O) groups is 1. The predicted molar refractivity (Wildman–Crippen MR) is 113 cm³/mol. The minimum atomic E-state index is -0.286. The van der Waals surface area contributed by atoms with Crippen LogP contribution in [-0.4, -0.2) is 34.2 Å². The lowest BCUT2D eigenvalue weighted by Crippen LogP contribution is -2.42. The molecule has 0 bridgehead atoms. The molecule has 1 N–H and O–H groups in total.